The number of likely N-dealkylation sites (tertiary alicyclic amines) is 1. The minimum atomic E-state index is 0.00841. The highest BCUT2D eigenvalue weighted by Gasteiger charge is 2.24. The zero-order valence-corrected chi connectivity index (χ0v) is 13.3. The zero-order chi connectivity index (χ0) is 15.4. The molecule has 1 aromatic heterocycles. The Bertz CT molecular complexity index is 465. The molecule has 1 unspecified atom stereocenters. The van der Waals surface area contributed by atoms with Gasteiger partial charge in [-0.25, -0.2) is 0 Å². The summed E-state index contributed by atoms with van der Waals surface area (Å²) in [5.41, 5.74) is 5.69. The summed E-state index contributed by atoms with van der Waals surface area (Å²) in [4.78, 5) is 14.8. The van der Waals surface area contributed by atoms with Crippen LogP contribution in [0, 0.1) is 5.92 Å². The van der Waals surface area contributed by atoms with Crippen molar-refractivity contribution in [2.24, 2.45) is 5.92 Å². The van der Waals surface area contributed by atoms with Gasteiger partial charge >= 0.3 is 6.01 Å². The summed E-state index contributed by atoms with van der Waals surface area (Å²) in [6, 6.07) is 0.879. The van der Waals surface area contributed by atoms with E-state index in [0.717, 1.165) is 19.6 Å². The molecule has 0 bridgehead atoms. The zero-order valence-electron chi connectivity index (χ0n) is 13.3. The van der Waals surface area contributed by atoms with E-state index in [4.69, 9.17) is 10.5 Å². The van der Waals surface area contributed by atoms with Crippen LogP contribution in [0.5, 0.6) is 6.01 Å². The van der Waals surface area contributed by atoms with Gasteiger partial charge in [-0.1, -0.05) is 0 Å². The first-order valence-electron chi connectivity index (χ1n) is 7.60. The summed E-state index contributed by atoms with van der Waals surface area (Å²) >= 11 is 0. The molecule has 0 radical (unpaired) electrons. The van der Waals surface area contributed by atoms with Gasteiger partial charge in [-0.3, -0.25) is 0 Å². The van der Waals surface area contributed by atoms with Gasteiger partial charge in [0, 0.05) is 19.1 Å². The van der Waals surface area contributed by atoms with Crippen LogP contribution in [0.3, 0.4) is 0 Å². The van der Waals surface area contributed by atoms with Crippen molar-refractivity contribution < 1.29 is 4.74 Å². The van der Waals surface area contributed by atoms with E-state index in [1.807, 2.05) is 13.8 Å². The number of aromatic nitrogens is 3. The van der Waals surface area contributed by atoms with Crippen LogP contribution in [0.1, 0.15) is 34.1 Å². The van der Waals surface area contributed by atoms with Crippen molar-refractivity contribution in [3.05, 3.63) is 0 Å². The van der Waals surface area contributed by atoms with E-state index in [1.165, 1.54) is 6.42 Å². The maximum Gasteiger partial charge on any atom is 0.323 e. The Morgan fingerprint density at radius 2 is 2.05 bits per heavy atom. The van der Waals surface area contributed by atoms with Crippen molar-refractivity contribution in [1.29, 1.82) is 0 Å². The molecular formula is C14H26N6O. The fourth-order valence-corrected chi connectivity index (χ4v) is 2.45. The predicted octanol–water partition coefficient (Wildman–Crippen LogP) is 1.38. The summed E-state index contributed by atoms with van der Waals surface area (Å²) < 4.78 is 5.47. The molecule has 118 valence electrons. The number of nitrogens with zero attached hydrogens (tertiary/aromatic N) is 4. The molecule has 0 amide bonds. The molecule has 7 heteroatoms. The Hall–Kier alpha value is -1.63. The molecule has 7 nitrogen and oxygen atoms in total. The Morgan fingerprint density at radius 1 is 1.29 bits per heavy atom. The van der Waals surface area contributed by atoms with Gasteiger partial charge in [-0.05, 0) is 46.6 Å². The maximum atomic E-state index is 5.69. The number of anilines is 2. The van der Waals surface area contributed by atoms with Crippen molar-refractivity contribution in [1.82, 2.24) is 19.9 Å². The molecule has 3 N–H and O–H groups in total. The van der Waals surface area contributed by atoms with Gasteiger partial charge < -0.3 is 20.7 Å². The molecule has 0 aromatic carbocycles. The molecule has 1 aliphatic rings. The fourth-order valence-electron chi connectivity index (χ4n) is 2.45. The van der Waals surface area contributed by atoms with Gasteiger partial charge in [-0.15, -0.1) is 0 Å². The molecule has 1 aromatic rings. The van der Waals surface area contributed by atoms with Gasteiger partial charge in [0.1, 0.15) is 0 Å². The number of hydrogen-bond acceptors (Lipinski definition) is 7. The molecule has 0 aliphatic carbocycles. The van der Waals surface area contributed by atoms with Crippen LogP contribution in [-0.2, 0) is 0 Å². The van der Waals surface area contributed by atoms with Crippen molar-refractivity contribution in [3.63, 3.8) is 0 Å². The highest BCUT2D eigenvalue weighted by atomic mass is 16.5. The van der Waals surface area contributed by atoms with Crippen LogP contribution in [0.4, 0.5) is 11.9 Å². The number of nitrogens with one attached hydrogen (secondary N) is 1. The first kappa shape index (κ1) is 15.8. The second kappa shape index (κ2) is 6.89. The second-order valence-corrected chi connectivity index (χ2v) is 6.09. The Balaban J connectivity index is 1.90. The van der Waals surface area contributed by atoms with Crippen LogP contribution in [0.2, 0.25) is 0 Å². The average Bonchev–Trinajstić information content (AvgIpc) is 2.83. The molecule has 2 heterocycles. The van der Waals surface area contributed by atoms with E-state index >= 15 is 0 Å². The largest absolute Gasteiger partial charge is 0.461 e. The summed E-state index contributed by atoms with van der Waals surface area (Å²) in [5.74, 6) is 1.28. The molecule has 2 rings (SSSR count). The number of nitrogen functional groups attached to an aromatic ring is 1. The van der Waals surface area contributed by atoms with Gasteiger partial charge in [0.25, 0.3) is 0 Å². The minimum Gasteiger partial charge on any atom is -0.461 e. The van der Waals surface area contributed by atoms with Crippen LogP contribution >= 0.6 is 0 Å². The molecule has 21 heavy (non-hydrogen) atoms. The lowest BCUT2D eigenvalue weighted by atomic mass is 10.1. The minimum absolute atomic E-state index is 0.00841. The van der Waals surface area contributed by atoms with Gasteiger partial charge in [-0.2, -0.15) is 15.0 Å². The van der Waals surface area contributed by atoms with Gasteiger partial charge in [0.05, 0.1) is 6.10 Å². The topological polar surface area (TPSA) is 89.2 Å². The number of nitrogens with two attached hydrogens (primary N) is 1. The molecule has 0 saturated carbocycles. The van der Waals surface area contributed by atoms with Crippen LogP contribution < -0.4 is 15.8 Å². The summed E-state index contributed by atoms with van der Waals surface area (Å²) in [7, 11) is 0. The summed E-state index contributed by atoms with van der Waals surface area (Å²) in [5, 5.41) is 3.25. The molecule has 1 saturated heterocycles. The van der Waals surface area contributed by atoms with E-state index < -0.39 is 0 Å². The third-order valence-corrected chi connectivity index (χ3v) is 3.57. The Labute approximate surface area is 126 Å². The van der Waals surface area contributed by atoms with Crippen LogP contribution in [0.25, 0.3) is 0 Å². The lowest BCUT2D eigenvalue weighted by Crippen LogP contribution is -2.29. The molecule has 1 atom stereocenters. The van der Waals surface area contributed by atoms with Gasteiger partial charge in [0.15, 0.2) is 0 Å². The average molecular weight is 294 g/mol. The number of ether oxygens (including phenoxy) is 1. The van der Waals surface area contributed by atoms with E-state index in [0.29, 0.717) is 17.9 Å². The number of hydrogen-bond donors (Lipinski definition) is 2. The van der Waals surface area contributed by atoms with E-state index in [9.17, 15) is 0 Å². The predicted molar refractivity (Wildman–Crippen MR) is 83.3 cm³/mol. The fraction of sp³-hybridized carbons (Fsp3) is 0.786. The standard InChI is InChI=1S/C14H26N6O/c1-9(2)20-6-5-11(8-20)7-16-13-17-12(15)18-14(19-13)21-10(3)4/h9-11H,5-8H2,1-4H3,(H3,15,16,17,18,19). The Kier molecular flexibility index (Phi) is 5.17. The van der Waals surface area contributed by atoms with Crippen molar-refractivity contribution in [2.45, 2.75) is 46.3 Å². The highest BCUT2D eigenvalue weighted by Crippen LogP contribution is 2.19. The van der Waals surface area contributed by atoms with Gasteiger partial charge in [0.2, 0.25) is 11.9 Å². The third kappa shape index (κ3) is 4.70. The normalized spacial score (nSPS) is 19.4. The van der Waals surface area contributed by atoms with Crippen molar-refractivity contribution in [3.8, 4) is 6.01 Å². The second-order valence-electron chi connectivity index (χ2n) is 6.09. The lowest BCUT2D eigenvalue weighted by molar-refractivity contribution is 0.222. The monoisotopic (exact) mass is 294 g/mol. The lowest BCUT2D eigenvalue weighted by Gasteiger charge is -2.20. The molecule has 0 spiro atoms. The van der Waals surface area contributed by atoms with Crippen molar-refractivity contribution >= 4 is 11.9 Å². The maximum absolute atomic E-state index is 5.69. The van der Waals surface area contributed by atoms with Crippen molar-refractivity contribution in [2.75, 3.05) is 30.7 Å². The Morgan fingerprint density at radius 3 is 2.67 bits per heavy atom. The van der Waals surface area contributed by atoms with E-state index in [1.54, 1.807) is 0 Å². The SMILES string of the molecule is CC(C)Oc1nc(N)nc(NCC2CCN(C(C)C)C2)n1. The third-order valence-electron chi connectivity index (χ3n) is 3.57. The smallest absolute Gasteiger partial charge is 0.323 e. The quantitative estimate of drug-likeness (QED) is 0.819. The van der Waals surface area contributed by atoms with Crippen LogP contribution in [-0.4, -0.2) is 51.6 Å². The first-order valence-corrected chi connectivity index (χ1v) is 7.60. The molecular weight excluding hydrogens is 268 g/mol. The number of rotatable bonds is 6. The first-order chi connectivity index (χ1) is 9.94. The molecule has 1 fully saturated rings. The van der Waals surface area contributed by atoms with Crippen LogP contribution in [0.15, 0.2) is 0 Å². The van der Waals surface area contributed by atoms with E-state index in [-0.39, 0.29) is 18.1 Å². The summed E-state index contributed by atoms with van der Waals surface area (Å²) in [6.07, 6.45) is 1.20. The highest BCUT2D eigenvalue weighted by molar-refractivity contribution is 5.32. The molecule has 1 aliphatic heterocycles. The van der Waals surface area contributed by atoms with E-state index in [2.05, 4.69) is 39.0 Å². The summed E-state index contributed by atoms with van der Waals surface area (Å²) in [6.45, 7) is 11.4.